The second-order valence-corrected chi connectivity index (χ2v) is 11.8. The highest BCUT2D eigenvalue weighted by Gasteiger charge is 2.49. The zero-order valence-electron chi connectivity index (χ0n) is 18.4. The number of aliphatic imine (C=N–C) groups is 1. The highest BCUT2D eigenvalue weighted by atomic mass is 35.5. The maximum atomic E-state index is 14.8. The number of rotatable bonds is 5. The van der Waals surface area contributed by atoms with Gasteiger partial charge in [0.25, 0.3) is 0 Å². The lowest BCUT2D eigenvalue weighted by molar-refractivity contribution is 0.0988. The highest BCUT2D eigenvalue weighted by molar-refractivity contribution is 7.93. The van der Waals surface area contributed by atoms with Gasteiger partial charge in [-0.1, -0.05) is 24.2 Å². The molecule has 0 radical (unpaired) electrons. The van der Waals surface area contributed by atoms with Crippen LogP contribution in [-0.2, 0) is 21.8 Å². The summed E-state index contributed by atoms with van der Waals surface area (Å²) in [5, 5.41) is 0.383. The Kier molecular flexibility index (Phi) is 6.08. The molecule has 2 heterocycles. The van der Waals surface area contributed by atoms with Crippen LogP contribution in [0.1, 0.15) is 54.9 Å². The lowest BCUT2D eigenvalue weighted by Crippen LogP contribution is -2.55. The molecule has 0 amide bonds. The van der Waals surface area contributed by atoms with Crippen LogP contribution in [0.3, 0.4) is 0 Å². The van der Waals surface area contributed by atoms with E-state index in [1.54, 1.807) is 13.0 Å². The van der Waals surface area contributed by atoms with Crippen molar-refractivity contribution in [2.45, 2.75) is 44.4 Å². The molecule has 0 aliphatic carbocycles. The van der Waals surface area contributed by atoms with Crippen molar-refractivity contribution in [3.05, 3.63) is 70.3 Å². The first kappa shape index (κ1) is 24.1. The predicted octanol–water partition coefficient (Wildman–Crippen LogP) is 4.11. The Hall–Kier alpha value is -2.58. The number of sulfone groups is 1. The quantitative estimate of drug-likeness (QED) is 0.653. The molecule has 0 fully saturated rings. The molecular weight excluding hydrogens is 453 g/mol. The van der Waals surface area contributed by atoms with Crippen molar-refractivity contribution in [1.29, 1.82) is 0 Å². The Bertz CT molecular complexity index is 1270. The Labute approximate surface area is 192 Å². The summed E-state index contributed by atoms with van der Waals surface area (Å²) in [4.78, 5) is 21.5. The maximum absolute atomic E-state index is 14.8. The number of carbonyl (C=O) groups excluding carboxylic acids is 1. The number of Topliss-reactive ketones (excluding diaryl/α,β-unsaturated/α-hetero) is 1. The smallest absolute Gasteiger partial charge is 0.186 e. The minimum absolute atomic E-state index is 0.0639. The van der Waals surface area contributed by atoms with E-state index in [-0.39, 0.29) is 29.3 Å². The Morgan fingerprint density at radius 2 is 1.94 bits per heavy atom. The van der Waals surface area contributed by atoms with Gasteiger partial charge in [0.1, 0.15) is 27.6 Å². The molecule has 3 rings (SSSR count). The molecule has 1 atom stereocenters. The first-order valence-corrected chi connectivity index (χ1v) is 11.9. The van der Waals surface area contributed by atoms with Crippen LogP contribution in [0.2, 0.25) is 5.02 Å². The van der Waals surface area contributed by atoms with E-state index in [9.17, 15) is 17.6 Å². The van der Waals surface area contributed by atoms with Gasteiger partial charge in [-0.25, -0.2) is 12.8 Å². The molecule has 0 bridgehead atoms. The lowest BCUT2D eigenvalue weighted by atomic mass is 9.90. The topological polar surface area (TPSA) is 102 Å². The van der Waals surface area contributed by atoms with Crippen molar-refractivity contribution in [2.24, 2.45) is 10.7 Å². The summed E-state index contributed by atoms with van der Waals surface area (Å²) in [6, 6.07) is 5.77. The summed E-state index contributed by atoms with van der Waals surface area (Å²) in [7, 11) is -3.70. The van der Waals surface area contributed by atoms with Crippen LogP contribution in [0, 0.1) is 5.82 Å². The molecular formula is C23H25ClFN3O3S. The van der Waals surface area contributed by atoms with E-state index in [0.717, 1.165) is 0 Å². The summed E-state index contributed by atoms with van der Waals surface area (Å²) in [5.74, 6) is -1.41. The van der Waals surface area contributed by atoms with E-state index in [2.05, 4.69) is 16.6 Å². The van der Waals surface area contributed by atoms with Crippen molar-refractivity contribution in [3.63, 3.8) is 0 Å². The molecule has 32 heavy (non-hydrogen) atoms. The van der Waals surface area contributed by atoms with Crippen molar-refractivity contribution >= 4 is 38.6 Å². The van der Waals surface area contributed by atoms with Crippen LogP contribution in [0.15, 0.2) is 42.0 Å². The first-order chi connectivity index (χ1) is 14.7. The zero-order valence-corrected chi connectivity index (χ0v) is 19.9. The molecule has 6 nitrogen and oxygen atoms in total. The van der Waals surface area contributed by atoms with Crippen LogP contribution in [0.4, 0.5) is 4.39 Å². The third-order valence-corrected chi connectivity index (χ3v) is 8.70. The number of halogens is 2. The Balaban J connectivity index is 2.02. The number of nitrogens with two attached hydrogens (primary N) is 1. The first-order valence-electron chi connectivity index (χ1n) is 9.89. The van der Waals surface area contributed by atoms with Gasteiger partial charge in [-0.3, -0.25) is 14.8 Å². The molecule has 1 aliphatic heterocycles. The van der Waals surface area contributed by atoms with Crippen LogP contribution in [0.25, 0.3) is 5.57 Å². The normalized spacial score (nSPS) is 21.6. The van der Waals surface area contributed by atoms with E-state index >= 15 is 0 Å². The fraction of sp³-hybridized carbons (Fsp3) is 0.348. The molecule has 170 valence electrons. The van der Waals surface area contributed by atoms with Crippen LogP contribution >= 0.6 is 11.6 Å². The fourth-order valence-electron chi connectivity index (χ4n) is 3.63. The number of benzene rings is 1. The van der Waals surface area contributed by atoms with Gasteiger partial charge in [0.2, 0.25) is 0 Å². The van der Waals surface area contributed by atoms with Crippen molar-refractivity contribution in [3.8, 4) is 0 Å². The lowest BCUT2D eigenvalue weighted by Gasteiger charge is -2.38. The third kappa shape index (κ3) is 4.21. The Morgan fingerprint density at radius 3 is 2.53 bits per heavy atom. The summed E-state index contributed by atoms with van der Waals surface area (Å²) < 4.78 is 39.1. The average molecular weight is 478 g/mol. The SMILES string of the molecule is C=C(C)c1cc(Cl)cnc1C(=O)Cc1ccc(F)c([C@]2(C)CS(=O)(=O)C(C)(C)C(N)=N2)c1. The molecule has 1 aromatic heterocycles. The molecule has 0 saturated heterocycles. The maximum Gasteiger partial charge on any atom is 0.186 e. The summed E-state index contributed by atoms with van der Waals surface area (Å²) in [5.41, 5.74) is 6.50. The van der Waals surface area contributed by atoms with E-state index in [1.807, 2.05) is 0 Å². The van der Waals surface area contributed by atoms with E-state index < -0.39 is 31.7 Å². The zero-order chi connectivity index (χ0) is 24.1. The highest BCUT2D eigenvalue weighted by Crippen LogP contribution is 2.38. The van der Waals surface area contributed by atoms with Gasteiger partial charge in [0, 0.05) is 23.7 Å². The Morgan fingerprint density at radius 1 is 1.28 bits per heavy atom. The van der Waals surface area contributed by atoms with Crippen molar-refractivity contribution in [1.82, 2.24) is 4.98 Å². The van der Waals surface area contributed by atoms with E-state index in [1.165, 1.54) is 45.2 Å². The second kappa shape index (κ2) is 8.08. The van der Waals surface area contributed by atoms with Crippen molar-refractivity contribution in [2.75, 3.05) is 5.75 Å². The second-order valence-electron chi connectivity index (χ2n) is 8.78. The molecule has 2 aromatic rings. The van der Waals surface area contributed by atoms with E-state index in [4.69, 9.17) is 17.3 Å². The van der Waals surface area contributed by atoms with Crippen LogP contribution < -0.4 is 5.73 Å². The summed E-state index contributed by atoms with van der Waals surface area (Å²) >= 11 is 5.99. The number of amidine groups is 1. The number of nitrogens with zero attached hydrogens (tertiary/aromatic N) is 2. The van der Waals surface area contributed by atoms with Gasteiger partial charge < -0.3 is 5.73 Å². The monoisotopic (exact) mass is 477 g/mol. The summed E-state index contributed by atoms with van der Waals surface area (Å²) in [6.45, 7) is 10.1. The molecule has 1 aromatic carbocycles. The van der Waals surface area contributed by atoms with E-state index in [0.29, 0.717) is 21.7 Å². The number of allylic oxidation sites excluding steroid dienone is 1. The van der Waals surface area contributed by atoms with Crippen molar-refractivity contribution < 1.29 is 17.6 Å². The van der Waals surface area contributed by atoms with Gasteiger partial charge in [-0.15, -0.1) is 0 Å². The molecule has 1 aliphatic rings. The largest absolute Gasteiger partial charge is 0.386 e. The third-order valence-electron chi connectivity index (χ3n) is 5.79. The minimum Gasteiger partial charge on any atom is -0.386 e. The number of hydrogen-bond acceptors (Lipinski definition) is 6. The molecule has 0 saturated carbocycles. The predicted molar refractivity (Wildman–Crippen MR) is 125 cm³/mol. The molecule has 0 unspecified atom stereocenters. The number of ketones is 1. The average Bonchev–Trinajstić information content (AvgIpc) is 2.67. The fourth-order valence-corrected chi connectivity index (χ4v) is 5.47. The van der Waals surface area contributed by atoms with Gasteiger partial charge in [0.15, 0.2) is 15.6 Å². The van der Waals surface area contributed by atoms with Gasteiger partial charge in [-0.05, 0) is 57.0 Å². The van der Waals surface area contributed by atoms with Crippen LogP contribution in [-0.4, -0.2) is 35.5 Å². The van der Waals surface area contributed by atoms with Gasteiger partial charge in [-0.2, -0.15) is 0 Å². The number of pyridine rings is 1. The van der Waals surface area contributed by atoms with Gasteiger partial charge in [0.05, 0.1) is 10.8 Å². The molecule has 0 spiro atoms. The van der Waals surface area contributed by atoms with Crippen LogP contribution in [0.5, 0.6) is 0 Å². The minimum atomic E-state index is -3.70. The van der Waals surface area contributed by atoms with Gasteiger partial charge >= 0.3 is 0 Å². The number of hydrogen-bond donors (Lipinski definition) is 1. The summed E-state index contributed by atoms with van der Waals surface area (Å²) in [6.07, 6.45) is 1.31. The molecule has 2 N–H and O–H groups in total. The standard InChI is InChI=1S/C23H25ClFN3O3S/c1-13(2)16-10-15(24)11-27-20(16)19(29)9-14-6-7-18(25)17(8-14)23(5)12-32(30,31)22(3,4)21(26)28-23/h6-8,10-11H,1,9,12H2,2-5H3,(H2,26,28)/t23-/m0/s1. The number of aromatic nitrogens is 1. The number of carbonyl (C=O) groups is 1. The molecule has 9 heteroatoms.